The summed E-state index contributed by atoms with van der Waals surface area (Å²) in [4.78, 5) is 0. The maximum Gasteiger partial charge on any atom is 0.0406 e. The van der Waals surface area contributed by atoms with Crippen LogP contribution in [0.25, 0.3) is 0 Å². The van der Waals surface area contributed by atoms with Crippen LogP contribution in [-0.4, -0.2) is 12.6 Å². The van der Waals surface area contributed by atoms with E-state index in [1.807, 2.05) is 12.1 Å². The van der Waals surface area contributed by atoms with Crippen molar-refractivity contribution in [2.24, 2.45) is 17.8 Å². The first-order valence-electron chi connectivity index (χ1n) is 8.58. The molecule has 2 heteroatoms. The summed E-state index contributed by atoms with van der Waals surface area (Å²) >= 11 is 6.00. The van der Waals surface area contributed by atoms with Crippen molar-refractivity contribution in [1.82, 2.24) is 5.32 Å². The number of nitrogens with one attached hydrogen (secondary N) is 1. The fraction of sp³-hybridized carbons (Fsp3) is 0.684. The smallest absolute Gasteiger partial charge is 0.0406 e. The van der Waals surface area contributed by atoms with Gasteiger partial charge in [0.25, 0.3) is 0 Å². The van der Waals surface area contributed by atoms with E-state index in [0.717, 1.165) is 29.3 Å². The molecule has 1 aliphatic rings. The Kier molecular flexibility index (Phi) is 6.57. The van der Waals surface area contributed by atoms with Gasteiger partial charge in [-0.3, -0.25) is 0 Å². The first-order valence-corrected chi connectivity index (χ1v) is 8.95. The molecule has 1 N–H and O–H groups in total. The highest BCUT2D eigenvalue weighted by molar-refractivity contribution is 6.30. The molecule has 0 bridgehead atoms. The number of hydrogen-bond donors (Lipinski definition) is 1. The summed E-state index contributed by atoms with van der Waals surface area (Å²) in [6, 6.07) is 9.12. The van der Waals surface area contributed by atoms with Crippen molar-refractivity contribution in [3.05, 3.63) is 34.9 Å². The van der Waals surface area contributed by atoms with Crippen LogP contribution in [-0.2, 0) is 6.42 Å². The van der Waals surface area contributed by atoms with Crippen LogP contribution < -0.4 is 5.32 Å². The second kappa shape index (κ2) is 8.19. The normalized spacial score (nSPS) is 26.2. The molecule has 0 aromatic heterocycles. The van der Waals surface area contributed by atoms with E-state index in [4.69, 9.17) is 11.6 Å². The average molecular weight is 308 g/mol. The fourth-order valence-electron chi connectivity index (χ4n) is 3.65. The summed E-state index contributed by atoms with van der Waals surface area (Å²) in [5, 5.41) is 4.62. The summed E-state index contributed by atoms with van der Waals surface area (Å²) in [7, 11) is 0. The van der Waals surface area contributed by atoms with Crippen LogP contribution in [0.2, 0.25) is 5.02 Å². The Balaban J connectivity index is 2.03. The van der Waals surface area contributed by atoms with Gasteiger partial charge in [0.2, 0.25) is 0 Å². The zero-order valence-corrected chi connectivity index (χ0v) is 14.5. The van der Waals surface area contributed by atoms with Gasteiger partial charge in [-0.1, -0.05) is 44.5 Å². The summed E-state index contributed by atoms with van der Waals surface area (Å²) in [5.41, 5.74) is 1.43. The Morgan fingerprint density at radius 3 is 2.52 bits per heavy atom. The van der Waals surface area contributed by atoms with Crippen LogP contribution >= 0.6 is 11.6 Å². The molecule has 0 heterocycles. The van der Waals surface area contributed by atoms with Gasteiger partial charge < -0.3 is 5.32 Å². The average Bonchev–Trinajstić information content (AvgIpc) is 2.48. The molecule has 1 fully saturated rings. The van der Waals surface area contributed by atoms with Crippen LogP contribution in [0.1, 0.15) is 52.0 Å². The Hall–Kier alpha value is -0.530. The molecule has 1 saturated carbocycles. The standard InChI is InChI=1S/C19H30ClN/c1-4-11-21-19-10-7-16(14(2)3)13-17(19)12-15-5-8-18(20)9-6-15/h5-6,8-9,14,16-17,19,21H,4,7,10-13H2,1-3H3. The Labute approximate surface area is 135 Å². The van der Waals surface area contributed by atoms with E-state index in [1.54, 1.807) is 0 Å². The van der Waals surface area contributed by atoms with Crippen molar-refractivity contribution >= 4 is 11.6 Å². The van der Waals surface area contributed by atoms with Gasteiger partial charge in [0.15, 0.2) is 0 Å². The van der Waals surface area contributed by atoms with E-state index < -0.39 is 0 Å². The van der Waals surface area contributed by atoms with Gasteiger partial charge in [-0.05, 0) is 74.1 Å². The minimum absolute atomic E-state index is 0.690. The fourth-order valence-corrected chi connectivity index (χ4v) is 3.78. The van der Waals surface area contributed by atoms with Crippen LogP contribution in [0.15, 0.2) is 24.3 Å². The van der Waals surface area contributed by atoms with E-state index in [-0.39, 0.29) is 0 Å². The highest BCUT2D eigenvalue weighted by Gasteiger charge is 2.31. The number of rotatable bonds is 6. The van der Waals surface area contributed by atoms with Crippen molar-refractivity contribution in [3.8, 4) is 0 Å². The van der Waals surface area contributed by atoms with Crippen LogP contribution in [0.4, 0.5) is 0 Å². The van der Waals surface area contributed by atoms with Gasteiger partial charge in [0.05, 0.1) is 0 Å². The second-order valence-corrected chi connectivity index (χ2v) is 7.40. The lowest BCUT2D eigenvalue weighted by Gasteiger charge is -2.38. The number of benzene rings is 1. The predicted octanol–water partition coefficient (Wildman–Crippen LogP) is 5.32. The number of hydrogen-bond acceptors (Lipinski definition) is 1. The maximum atomic E-state index is 6.00. The minimum Gasteiger partial charge on any atom is -0.314 e. The third kappa shape index (κ3) is 5.00. The molecule has 0 spiro atoms. The van der Waals surface area contributed by atoms with E-state index in [2.05, 4.69) is 38.2 Å². The molecular weight excluding hydrogens is 278 g/mol. The van der Waals surface area contributed by atoms with E-state index >= 15 is 0 Å². The Morgan fingerprint density at radius 1 is 1.19 bits per heavy atom. The minimum atomic E-state index is 0.690. The van der Waals surface area contributed by atoms with Crippen LogP contribution in [0, 0.1) is 17.8 Å². The van der Waals surface area contributed by atoms with Gasteiger partial charge in [-0.25, -0.2) is 0 Å². The third-order valence-electron chi connectivity index (χ3n) is 5.03. The molecule has 21 heavy (non-hydrogen) atoms. The molecule has 3 unspecified atom stereocenters. The first kappa shape index (κ1) is 16.8. The lowest BCUT2D eigenvalue weighted by Crippen LogP contribution is -2.42. The Bertz CT molecular complexity index is 412. The van der Waals surface area contributed by atoms with Gasteiger partial charge >= 0.3 is 0 Å². The van der Waals surface area contributed by atoms with Gasteiger partial charge in [0.1, 0.15) is 0 Å². The SMILES string of the molecule is CCCNC1CCC(C(C)C)CC1Cc1ccc(Cl)cc1. The van der Waals surface area contributed by atoms with Crippen LogP contribution in [0.3, 0.4) is 0 Å². The monoisotopic (exact) mass is 307 g/mol. The van der Waals surface area contributed by atoms with Crippen LogP contribution in [0.5, 0.6) is 0 Å². The first-order chi connectivity index (χ1) is 10.1. The summed E-state index contributed by atoms with van der Waals surface area (Å²) in [6.45, 7) is 8.16. The van der Waals surface area contributed by atoms with Gasteiger partial charge in [-0.2, -0.15) is 0 Å². The van der Waals surface area contributed by atoms with E-state index in [1.165, 1.54) is 37.7 Å². The van der Waals surface area contributed by atoms with E-state index in [0.29, 0.717) is 6.04 Å². The molecule has 3 atom stereocenters. The summed E-state index contributed by atoms with van der Waals surface area (Å²) in [5.74, 6) is 2.46. The molecular formula is C19H30ClN. The molecule has 0 amide bonds. The van der Waals surface area contributed by atoms with Crippen molar-refractivity contribution in [1.29, 1.82) is 0 Å². The van der Waals surface area contributed by atoms with Crippen molar-refractivity contribution in [2.45, 2.75) is 58.9 Å². The summed E-state index contributed by atoms with van der Waals surface area (Å²) in [6.07, 6.45) is 6.48. The van der Waals surface area contributed by atoms with Gasteiger partial charge in [-0.15, -0.1) is 0 Å². The molecule has 118 valence electrons. The lowest BCUT2D eigenvalue weighted by atomic mass is 9.71. The van der Waals surface area contributed by atoms with Crippen molar-refractivity contribution < 1.29 is 0 Å². The zero-order chi connectivity index (χ0) is 15.2. The molecule has 1 nitrogen and oxygen atoms in total. The molecule has 0 aliphatic heterocycles. The van der Waals surface area contributed by atoms with Gasteiger partial charge in [0, 0.05) is 11.1 Å². The topological polar surface area (TPSA) is 12.0 Å². The van der Waals surface area contributed by atoms with Crippen molar-refractivity contribution in [3.63, 3.8) is 0 Å². The highest BCUT2D eigenvalue weighted by Crippen LogP contribution is 2.35. The lowest BCUT2D eigenvalue weighted by molar-refractivity contribution is 0.167. The molecule has 1 aromatic carbocycles. The molecule has 0 radical (unpaired) electrons. The zero-order valence-electron chi connectivity index (χ0n) is 13.7. The third-order valence-corrected chi connectivity index (χ3v) is 5.29. The summed E-state index contributed by atoms with van der Waals surface area (Å²) < 4.78 is 0. The highest BCUT2D eigenvalue weighted by atomic mass is 35.5. The Morgan fingerprint density at radius 2 is 1.90 bits per heavy atom. The maximum absolute atomic E-state index is 6.00. The molecule has 1 aliphatic carbocycles. The second-order valence-electron chi connectivity index (χ2n) is 6.97. The molecule has 1 aromatic rings. The van der Waals surface area contributed by atoms with E-state index in [9.17, 15) is 0 Å². The largest absolute Gasteiger partial charge is 0.314 e. The number of halogens is 1. The quantitative estimate of drug-likeness (QED) is 0.749. The molecule has 2 rings (SSSR count). The molecule has 0 saturated heterocycles. The predicted molar refractivity (Wildman–Crippen MR) is 92.9 cm³/mol. The van der Waals surface area contributed by atoms with Crippen molar-refractivity contribution in [2.75, 3.05) is 6.54 Å².